The number of nitrogens with one attached hydrogen (secondary N) is 1. The number of carboxylic acid groups (broad SMARTS) is 1. The quantitative estimate of drug-likeness (QED) is 0.735. The number of aromatic carboxylic acids is 1. The molecule has 1 aromatic heterocycles. The van der Waals surface area contributed by atoms with Crippen LogP contribution in [0.1, 0.15) is 10.4 Å². The molecule has 0 spiro atoms. The Hall–Kier alpha value is -2.16. The van der Waals surface area contributed by atoms with Gasteiger partial charge >= 0.3 is 5.97 Å². The van der Waals surface area contributed by atoms with Crippen molar-refractivity contribution >= 4 is 54.3 Å². The highest BCUT2D eigenvalue weighted by Crippen LogP contribution is 2.28. The number of hydrogen-bond acceptors (Lipinski definition) is 5. The molecule has 9 heteroatoms. The Bertz CT molecular complexity index is 997. The molecule has 3 rings (SSSR count). The van der Waals surface area contributed by atoms with Crippen LogP contribution in [-0.2, 0) is 10.0 Å². The molecule has 118 valence electrons. The van der Waals surface area contributed by atoms with Gasteiger partial charge in [0.1, 0.15) is 0 Å². The van der Waals surface area contributed by atoms with E-state index >= 15 is 0 Å². The van der Waals surface area contributed by atoms with Gasteiger partial charge in [0, 0.05) is 5.02 Å². The van der Waals surface area contributed by atoms with Crippen molar-refractivity contribution in [3.63, 3.8) is 0 Å². The fraction of sp³-hybridized carbons (Fsp3) is 0. The monoisotopic (exact) mass is 368 g/mol. The molecule has 0 saturated heterocycles. The van der Waals surface area contributed by atoms with Crippen LogP contribution in [0.15, 0.2) is 47.4 Å². The van der Waals surface area contributed by atoms with Gasteiger partial charge < -0.3 is 5.11 Å². The molecule has 0 fully saturated rings. The van der Waals surface area contributed by atoms with E-state index in [9.17, 15) is 13.2 Å². The van der Waals surface area contributed by atoms with Gasteiger partial charge in [0.05, 0.1) is 20.7 Å². The first-order valence-electron chi connectivity index (χ1n) is 6.27. The summed E-state index contributed by atoms with van der Waals surface area (Å²) in [6.07, 6.45) is 0. The molecule has 2 N–H and O–H groups in total. The third-order valence-electron chi connectivity index (χ3n) is 2.98. The molecule has 0 aliphatic carbocycles. The van der Waals surface area contributed by atoms with Crippen molar-refractivity contribution in [2.24, 2.45) is 0 Å². The minimum atomic E-state index is -3.78. The number of thiazole rings is 1. The Morgan fingerprint density at radius 2 is 1.87 bits per heavy atom. The van der Waals surface area contributed by atoms with E-state index in [0.717, 1.165) is 11.3 Å². The average molecular weight is 369 g/mol. The highest BCUT2D eigenvalue weighted by Gasteiger charge is 2.17. The molecule has 0 atom stereocenters. The van der Waals surface area contributed by atoms with Gasteiger partial charge in [-0.1, -0.05) is 22.9 Å². The summed E-state index contributed by atoms with van der Waals surface area (Å²) in [5.41, 5.74) is 0.641. The molecule has 1 heterocycles. The van der Waals surface area contributed by atoms with Crippen LogP contribution >= 0.6 is 22.9 Å². The molecular formula is C14H9ClN2O4S2. The van der Waals surface area contributed by atoms with Gasteiger partial charge in [-0.25, -0.2) is 18.2 Å². The summed E-state index contributed by atoms with van der Waals surface area (Å²) in [6, 6.07) is 10.1. The SMILES string of the molecule is O=C(O)c1ccc2nc(NS(=O)(=O)c3ccc(Cl)cc3)sc2c1. The first kappa shape index (κ1) is 15.7. The van der Waals surface area contributed by atoms with Crippen LogP contribution in [0.2, 0.25) is 5.02 Å². The first-order valence-corrected chi connectivity index (χ1v) is 8.95. The maximum absolute atomic E-state index is 12.3. The second-order valence-corrected chi connectivity index (χ2v) is 7.72. The summed E-state index contributed by atoms with van der Waals surface area (Å²) in [5.74, 6) is -1.05. The van der Waals surface area contributed by atoms with E-state index in [0.29, 0.717) is 15.2 Å². The Morgan fingerprint density at radius 1 is 1.17 bits per heavy atom. The minimum absolute atomic E-state index is 0.0624. The lowest BCUT2D eigenvalue weighted by Gasteiger charge is -2.04. The molecule has 0 aliphatic heterocycles. The van der Waals surface area contributed by atoms with Gasteiger partial charge in [0.2, 0.25) is 0 Å². The molecule has 2 aromatic carbocycles. The van der Waals surface area contributed by atoms with Crippen molar-refractivity contribution in [1.82, 2.24) is 4.98 Å². The molecule has 0 amide bonds. The summed E-state index contributed by atoms with van der Waals surface area (Å²) < 4.78 is 27.5. The van der Waals surface area contributed by atoms with Crippen molar-refractivity contribution < 1.29 is 18.3 Å². The second kappa shape index (κ2) is 5.80. The number of carboxylic acids is 1. The zero-order valence-corrected chi connectivity index (χ0v) is 13.7. The van der Waals surface area contributed by atoms with Gasteiger partial charge in [-0.15, -0.1) is 0 Å². The van der Waals surface area contributed by atoms with Crippen molar-refractivity contribution in [3.8, 4) is 0 Å². The van der Waals surface area contributed by atoms with Crippen molar-refractivity contribution in [3.05, 3.63) is 53.1 Å². The number of halogens is 1. The van der Waals surface area contributed by atoms with Crippen molar-refractivity contribution in [1.29, 1.82) is 0 Å². The summed E-state index contributed by atoms with van der Waals surface area (Å²) in [4.78, 5) is 15.2. The standard InChI is InChI=1S/C14H9ClN2O4S2/c15-9-2-4-10(5-3-9)23(20,21)17-14-16-11-6-1-8(13(18)19)7-12(11)22-14/h1-7H,(H,16,17)(H,18,19). The zero-order chi connectivity index (χ0) is 16.6. The third-order valence-corrected chi connectivity index (χ3v) is 5.65. The lowest BCUT2D eigenvalue weighted by atomic mass is 10.2. The lowest BCUT2D eigenvalue weighted by molar-refractivity contribution is 0.0697. The normalized spacial score (nSPS) is 11.5. The van der Waals surface area contributed by atoms with Gasteiger partial charge in [0.15, 0.2) is 5.13 Å². The van der Waals surface area contributed by atoms with E-state index < -0.39 is 16.0 Å². The highest BCUT2D eigenvalue weighted by molar-refractivity contribution is 7.93. The van der Waals surface area contributed by atoms with Crippen LogP contribution in [0.4, 0.5) is 5.13 Å². The van der Waals surface area contributed by atoms with E-state index in [-0.39, 0.29) is 15.6 Å². The topological polar surface area (TPSA) is 96.4 Å². The number of sulfonamides is 1. The maximum Gasteiger partial charge on any atom is 0.335 e. The Labute approximate surface area is 140 Å². The average Bonchev–Trinajstić information content (AvgIpc) is 2.87. The Balaban J connectivity index is 1.94. The summed E-state index contributed by atoms with van der Waals surface area (Å²) in [7, 11) is -3.78. The predicted molar refractivity (Wildman–Crippen MR) is 88.8 cm³/mol. The van der Waals surface area contributed by atoms with Crippen LogP contribution in [0.25, 0.3) is 10.2 Å². The van der Waals surface area contributed by atoms with E-state index in [1.54, 1.807) is 0 Å². The molecule has 6 nitrogen and oxygen atoms in total. The Morgan fingerprint density at radius 3 is 2.52 bits per heavy atom. The fourth-order valence-corrected chi connectivity index (χ4v) is 4.15. The van der Waals surface area contributed by atoms with Crippen LogP contribution in [0, 0.1) is 0 Å². The summed E-state index contributed by atoms with van der Waals surface area (Å²) in [5, 5.41) is 9.57. The lowest BCUT2D eigenvalue weighted by Crippen LogP contribution is -2.12. The number of benzene rings is 2. The number of anilines is 1. The molecule has 0 bridgehead atoms. The van der Waals surface area contributed by atoms with Gasteiger partial charge in [-0.2, -0.15) is 0 Å². The number of rotatable bonds is 4. The number of fused-ring (bicyclic) bond motifs is 1. The first-order chi connectivity index (χ1) is 10.8. The van der Waals surface area contributed by atoms with E-state index in [4.69, 9.17) is 16.7 Å². The smallest absolute Gasteiger partial charge is 0.335 e. The molecule has 0 unspecified atom stereocenters. The molecule has 23 heavy (non-hydrogen) atoms. The molecule has 0 aliphatic rings. The van der Waals surface area contributed by atoms with Crippen LogP contribution < -0.4 is 4.72 Å². The number of nitrogens with zero attached hydrogens (tertiary/aromatic N) is 1. The third kappa shape index (κ3) is 3.29. The highest BCUT2D eigenvalue weighted by atomic mass is 35.5. The van der Waals surface area contributed by atoms with Crippen LogP contribution in [0.5, 0.6) is 0 Å². The summed E-state index contributed by atoms with van der Waals surface area (Å²) in [6.45, 7) is 0. The van der Waals surface area contributed by atoms with Gasteiger partial charge in [0.25, 0.3) is 10.0 Å². The van der Waals surface area contributed by atoms with Crippen molar-refractivity contribution in [2.75, 3.05) is 4.72 Å². The molecule has 3 aromatic rings. The fourth-order valence-electron chi connectivity index (χ4n) is 1.89. The van der Waals surface area contributed by atoms with Crippen LogP contribution in [-0.4, -0.2) is 24.5 Å². The number of aromatic nitrogens is 1. The van der Waals surface area contributed by atoms with E-state index in [1.807, 2.05) is 0 Å². The molecule has 0 saturated carbocycles. The number of carbonyl (C=O) groups is 1. The van der Waals surface area contributed by atoms with Crippen LogP contribution in [0.3, 0.4) is 0 Å². The Kier molecular flexibility index (Phi) is 3.97. The van der Waals surface area contributed by atoms with E-state index in [1.165, 1.54) is 42.5 Å². The van der Waals surface area contributed by atoms with Crippen molar-refractivity contribution in [2.45, 2.75) is 4.90 Å². The molecule has 0 radical (unpaired) electrons. The van der Waals surface area contributed by atoms with Gasteiger partial charge in [-0.05, 0) is 42.5 Å². The summed E-state index contributed by atoms with van der Waals surface area (Å²) >= 11 is 6.81. The zero-order valence-electron chi connectivity index (χ0n) is 11.4. The van der Waals surface area contributed by atoms with E-state index in [2.05, 4.69) is 9.71 Å². The largest absolute Gasteiger partial charge is 0.478 e. The minimum Gasteiger partial charge on any atom is -0.478 e. The number of hydrogen-bond donors (Lipinski definition) is 2. The van der Waals surface area contributed by atoms with Gasteiger partial charge in [-0.3, -0.25) is 4.72 Å². The second-order valence-electron chi connectivity index (χ2n) is 4.57. The molecular weight excluding hydrogens is 360 g/mol. The predicted octanol–water partition coefficient (Wildman–Crippen LogP) is 3.45. The maximum atomic E-state index is 12.3.